The van der Waals surface area contributed by atoms with Gasteiger partial charge in [-0.05, 0) is 62.2 Å². The predicted molar refractivity (Wildman–Crippen MR) is 129 cm³/mol. The van der Waals surface area contributed by atoms with Gasteiger partial charge in [0.05, 0.1) is 22.1 Å². The number of likely N-dealkylation sites (tertiary alicyclic amines) is 1. The first-order valence-electron chi connectivity index (χ1n) is 10.4. The number of nitrogens with zero attached hydrogens (tertiary/aromatic N) is 2. The third-order valence-electron chi connectivity index (χ3n) is 5.79. The van der Waals surface area contributed by atoms with Crippen molar-refractivity contribution >= 4 is 46.6 Å². The zero-order valence-electron chi connectivity index (χ0n) is 18.3. The Morgan fingerprint density at radius 2 is 1.75 bits per heavy atom. The summed E-state index contributed by atoms with van der Waals surface area (Å²) in [6.07, 6.45) is 0.629. The second kappa shape index (κ2) is 10.0. The molecule has 1 fully saturated rings. The van der Waals surface area contributed by atoms with E-state index < -0.39 is 5.60 Å². The van der Waals surface area contributed by atoms with E-state index in [1.807, 2.05) is 6.07 Å². The van der Waals surface area contributed by atoms with Crippen molar-refractivity contribution in [3.8, 4) is 0 Å². The largest absolute Gasteiger partial charge is 0.390 e. The number of amides is 2. The molecule has 1 heterocycles. The van der Waals surface area contributed by atoms with E-state index in [-0.39, 0.29) is 30.2 Å². The number of carbonyl (C=O) groups is 2. The Hall–Kier alpha value is -1.79. The zero-order valence-corrected chi connectivity index (χ0v) is 20.6. The van der Waals surface area contributed by atoms with Crippen LogP contribution in [0.25, 0.3) is 0 Å². The van der Waals surface area contributed by atoms with Gasteiger partial charge in [-0.25, -0.2) is 0 Å². The molecule has 0 radical (unpaired) electrons. The SMILES string of the molecule is CN(C(=O)c1ccc(Cl)cc1)[C@@H]1CCN(C(=O)CC(C)(C)O)C[C@H]1c1ccc(Cl)c(Cl)c1. The van der Waals surface area contributed by atoms with Crippen LogP contribution in [0.2, 0.25) is 15.1 Å². The molecule has 1 aliphatic heterocycles. The highest BCUT2D eigenvalue weighted by Gasteiger charge is 2.37. The molecule has 2 aromatic carbocycles. The van der Waals surface area contributed by atoms with Crippen LogP contribution in [0, 0.1) is 0 Å². The quantitative estimate of drug-likeness (QED) is 0.612. The average molecular weight is 498 g/mol. The van der Waals surface area contributed by atoms with Gasteiger partial charge in [-0.1, -0.05) is 40.9 Å². The van der Waals surface area contributed by atoms with E-state index in [0.29, 0.717) is 40.1 Å². The van der Waals surface area contributed by atoms with Crippen LogP contribution in [0.4, 0.5) is 0 Å². The summed E-state index contributed by atoms with van der Waals surface area (Å²) in [4.78, 5) is 29.5. The van der Waals surface area contributed by atoms with Crippen LogP contribution in [-0.2, 0) is 4.79 Å². The van der Waals surface area contributed by atoms with Crippen molar-refractivity contribution in [3.63, 3.8) is 0 Å². The molecule has 8 heteroatoms. The average Bonchev–Trinajstić information content (AvgIpc) is 2.73. The molecule has 1 saturated heterocycles. The van der Waals surface area contributed by atoms with Gasteiger partial charge in [-0.3, -0.25) is 9.59 Å². The molecule has 0 aromatic heterocycles. The Bertz CT molecular complexity index is 989. The van der Waals surface area contributed by atoms with Gasteiger partial charge < -0.3 is 14.9 Å². The molecule has 0 unspecified atom stereocenters. The Balaban J connectivity index is 1.89. The van der Waals surface area contributed by atoms with E-state index in [1.54, 1.807) is 67.1 Å². The summed E-state index contributed by atoms with van der Waals surface area (Å²) in [7, 11) is 1.78. The molecule has 3 rings (SSSR count). The lowest BCUT2D eigenvalue weighted by atomic mass is 9.84. The van der Waals surface area contributed by atoms with E-state index in [9.17, 15) is 14.7 Å². The topological polar surface area (TPSA) is 60.9 Å². The molecule has 0 spiro atoms. The monoisotopic (exact) mass is 496 g/mol. The van der Waals surface area contributed by atoms with Crippen LogP contribution in [-0.4, -0.2) is 58.5 Å². The Morgan fingerprint density at radius 1 is 1.09 bits per heavy atom. The third-order valence-corrected chi connectivity index (χ3v) is 6.78. The summed E-state index contributed by atoms with van der Waals surface area (Å²) in [5, 5.41) is 11.5. The molecule has 0 saturated carbocycles. The molecule has 2 amide bonds. The number of carbonyl (C=O) groups excluding carboxylic acids is 2. The first-order valence-corrected chi connectivity index (χ1v) is 11.6. The molecule has 1 aliphatic rings. The smallest absolute Gasteiger partial charge is 0.253 e. The maximum Gasteiger partial charge on any atom is 0.253 e. The van der Waals surface area contributed by atoms with Gasteiger partial charge in [0.25, 0.3) is 5.91 Å². The minimum Gasteiger partial charge on any atom is -0.390 e. The highest BCUT2D eigenvalue weighted by Crippen LogP contribution is 2.35. The second-order valence-electron chi connectivity index (χ2n) is 8.89. The van der Waals surface area contributed by atoms with Crippen molar-refractivity contribution in [1.29, 1.82) is 0 Å². The Kier molecular flexibility index (Phi) is 7.77. The van der Waals surface area contributed by atoms with E-state index in [1.165, 1.54) is 0 Å². The van der Waals surface area contributed by atoms with Gasteiger partial charge >= 0.3 is 0 Å². The Labute approximate surface area is 203 Å². The highest BCUT2D eigenvalue weighted by atomic mass is 35.5. The maximum absolute atomic E-state index is 13.2. The van der Waals surface area contributed by atoms with Gasteiger partial charge in [-0.2, -0.15) is 0 Å². The molecule has 2 atom stereocenters. The summed E-state index contributed by atoms with van der Waals surface area (Å²) in [5.74, 6) is -0.397. The molecule has 1 N–H and O–H groups in total. The van der Waals surface area contributed by atoms with Crippen molar-refractivity contribution in [1.82, 2.24) is 9.80 Å². The molecule has 0 bridgehead atoms. The first-order chi connectivity index (χ1) is 15.0. The molecule has 5 nitrogen and oxygen atoms in total. The summed E-state index contributed by atoms with van der Waals surface area (Å²) >= 11 is 18.4. The van der Waals surface area contributed by atoms with Crippen molar-refractivity contribution in [3.05, 3.63) is 68.7 Å². The fraction of sp³-hybridized carbons (Fsp3) is 0.417. The number of aliphatic hydroxyl groups is 1. The molecule has 0 aliphatic carbocycles. The standard InChI is InChI=1S/C24H27Cl3N2O3/c1-24(2,32)13-22(30)29-11-10-21(18(14-29)16-6-9-19(26)20(27)12-16)28(3)23(31)15-4-7-17(25)8-5-15/h4-9,12,18,21,32H,10-11,13-14H2,1-3H3/t18-,21+/m0/s1. The number of likely N-dealkylation sites (N-methyl/N-ethyl adjacent to an activating group) is 1. The summed E-state index contributed by atoms with van der Waals surface area (Å²) < 4.78 is 0. The van der Waals surface area contributed by atoms with E-state index in [2.05, 4.69) is 0 Å². The summed E-state index contributed by atoms with van der Waals surface area (Å²) in [6, 6.07) is 12.1. The van der Waals surface area contributed by atoms with Crippen molar-refractivity contribution in [2.75, 3.05) is 20.1 Å². The van der Waals surface area contributed by atoms with Crippen LogP contribution in [0.15, 0.2) is 42.5 Å². The molecular formula is C24H27Cl3N2O3. The fourth-order valence-corrected chi connectivity index (χ4v) is 4.56. The number of benzene rings is 2. The van der Waals surface area contributed by atoms with Gasteiger partial charge in [0.1, 0.15) is 0 Å². The normalized spacial score (nSPS) is 19.0. The van der Waals surface area contributed by atoms with Gasteiger partial charge in [0, 0.05) is 42.7 Å². The lowest BCUT2D eigenvalue weighted by molar-refractivity contribution is -0.137. The fourth-order valence-electron chi connectivity index (χ4n) is 4.13. The lowest BCUT2D eigenvalue weighted by Gasteiger charge is -2.43. The van der Waals surface area contributed by atoms with Gasteiger partial charge in [0.15, 0.2) is 0 Å². The number of rotatable bonds is 5. The molecule has 172 valence electrons. The van der Waals surface area contributed by atoms with Gasteiger partial charge in [0.2, 0.25) is 5.91 Å². The van der Waals surface area contributed by atoms with E-state index >= 15 is 0 Å². The second-order valence-corrected chi connectivity index (χ2v) is 10.1. The third kappa shape index (κ3) is 5.96. The van der Waals surface area contributed by atoms with Crippen LogP contribution < -0.4 is 0 Å². The number of piperidine rings is 1. The summed E-state index contributed by atoms with van der Waals surface area (Å²) in [6.45, 7) is 4.14. The Morgan fingerprint density at radius 3 is 2.34 bits per heavy atom. The molecule has 32 heavy (non-hydrogen) atoms. The summed E-state index contributed by atoms with van der Waals surface area (Å²) in [5.41, 5.74) is 0.361. The van der Waals surface area contributed by atoms with E-state index in [4.69, 9.17) is 34.8 Å². The van der Waals surface area contributed by atoms with Crippen LogP contribution in [0.5, 0.6) is 0 Å². The predicted octanol–water partition coefficient (Wildman–Crippen LogP) is 5.26. The minimum atomic E-state index is -1.09. The van der Waals surface area contributed by atoms with E-state index in [0.717, 1.165) is 5.56 Å². The van der Waals surface area contributed by atoms with Crippen molar-refractivity contribution < 1.29 is 14.7 Å². The first kappa shape index (κ1) is 24.8. The lowest BCUT2D eigenvalue weighted by Crippen LogP contribution is -2.52. The zero-order chi connectivity index (χ0) is 23.6. The minimum absolute atomic E-state index is 0.0330. The van der Waals surface area contributed by atoms with Crippen LogP contribution >= 0.6 is 34.8 Å². The maximum atomic E-state index is 13.2. The van der Waals surface area contributed by atoms with Gasteiger partial charge in [-0.15, -0.1) is 0 Å². The number of hydrogen-bond donors (Lipinski definition) is 1. The highest BCUT2D eigenvalue weighted by molar-refractivity contribution is 6.42. The molecular weight excluding hydrogens is 471 g/mol. The van der Waals surface area contributed by atoms with Crippen LogP contribution in [0.3, 0.4) is 0 Å². The molecule has 2 aromatic rings. The van der Waals surface area contributed by atoms with Crippen molar-refractivity contribution in [2.45, 2.75) is 44.2 Å². The number of hydrogen-bond acceptors (Lipinski definition) is 3. The van der Waals surface area contributed by atoms with Crippen molar-refractivity contribution in [2.24, 2.45) is 0 Å². The van der Waals surface area contributed by atoms with Crippen LogP contribution in [0.1, 0.15) is 48.5 Å². The number of halogens is 3.